The van der Waals surface area contributed by atoms with Gasteiger partial charge in [0.2, 0.25) is 5.89 Å². The molecule has 0 aliphatic rings. The number of rotatable bonds is 5. The molecule has 5 rings (SSSR count). The number of carbonyl (C=O) groups excluding carboxylic acids is 1. The van der Waals surface area contributed by atoms with Crippen molar-refractivity contribution < 1.29 is 16.5 Å². The third-order valence-electron chi connectivity index (χ3n) is 5.10. The minimum absolute atomic E-state index is 0. The van der Waals surface area contributed by atoms with Crippen molar-refractivity contribution in [3.05, 3.63) is 72.9 Å². The predicted octanol–water partition coefficient (Wildman–Crippen LogP) is 4.29. The fourth-order valence-electron chi connectivity index (χ4n) is 3.41. The molecule has 2 aromatic carbocycles. The average Bonchev–Trinajstić information content (AvgIpc) is 3.57. The highest BCUT2D eigenvalue weighted by Crippen LogP contribution is 2.34. The van der Waals surface area contributed by atoms with Crippen LogP contribution in [-0.2, 0) is 0 Å². The summed E-state index contributed by atoms with van der Waals surface area (Å²) in [6.45, 7) is 0. The molecule has 0 aliphatic heterocycles. The van der Waals surface area contributed by atoms with Crippen molar-refractivity contribution in [3.8, 4) is 45.6 Å². The lowest BCUT2D eigenvalue weighted by Gasteiger charge is -2.13. The second-order valence-corrected chi connectivity index (χ2v) is 7.59. The highest BCUT2D eigenvalue weighted by atomic mass is 16.4. The van der Waals surface area contributed by atoms with E-state index in [-0.39, 0.29) is 26.2 Å². The summed E-state index contributed by atoms with van der Waals surface area (Å²) in [6, 6.07) is 14.6. The maximum Gasteiger partial charge on any atom is 0.270 e. The number of amides is 1. The predicted molar refractivity (Wildman–Crippen MR) is 128 cm³/mol. The number of nitrogens with two attached hydrogens (primary N) is 1. The Kier molecular flexibility index (Phi) is 5.30. The zero-order chi connectivity index (χ0) is 23.7. The third-order valence-corrected chi connectivity index (χ3v) is 5.10. The van der Waals surface area contributed by atoms with Crippen LogP contribution in [0.4, 0.5) is 5.82 Å². The lowest BCUT2D eigenvalue weighted by Crippen LogP contribution is -2.21. The third kappa shape index (κ3) is 3.88. The number of anilines is 1. The average molecular weight is 457 g/mol. The van der Waals surface area contributed by atoms with Crippen LogP contribution in [0.2, 0.25) is 0 Å². The second-order valence-electron chi connectivity index (χ2n) is 7.59. The number of carbonyl (C=O) groups is 1. The van der Waals surface area contributed by atoms with Gasteiger partial charge in [-0.1, -0.05) is 24.3 Å². The molecule has 3 heterocycles. The van der Waals surface area contributed by atoms with E-state index in [4.69, 9.17) is 14.6 Å². The van der Waals surface area contributed by atoms with Gasteiger partial charge in [0.15, 0.2) is 23.7 Å². The summed E-state index contributed by atoms with van der Waals surface area (Å²) in [5, 5.41) is 8.22. The first-order valence-corrected chi connectivity index (χ1v) is 10.3. The molecule has 10 nitrogen and oxygen atoms in total. The molecule has 0 spiro atoms. The van der Waals surface area contributed by atoms with Gasteiger partial charge in [-0.15, -0.1) is 10.2 Å². The van der Waals surface area contributed by atoms with E-state index in [0.29, 0.717) is 34.0 Å². The minimum Gasteiger partial charge on any atom is -0.443 e. The number of benzene rings is 2. The van der Waals surface area contributed by atoms with Crippen LogP contribution in [0, 0.1) is 0 Å². The molecule has 3 aromatic heterocycles. The topological polar surface area (TPSA) is 137 Å². The number of aromatic nitrogens is 5. The Balaban J connectivity index is 0.00000180. The van der Waals surface area contributed by atoms with E-state index < -0.39 is 0 Å². The van der Waals surface area contributed by atoms with Crippen LogP contribution in [0.5, 0.6) is 0 Å². The molecule has 0 fully saturated rings. The van der Waals surface area contributed by atoms with Gasteiger partial charge >= 0.3 is 0 Å². The number of nitrogens with zero attached hydrogens (tertiary/aromatic N) is 6. The Bertz CT molecular complexity index is 1470. The van der Waals surface area contributed by atoms with Crippen molar-refractivity contribution in [2.24, 2.45) is 0 Å². The molecule has 0 unspecified atom stereocenters. The maximum atomic E-state index is 12.5. The van der Waals surface area contributed by atoms with Crippen LogP contribution in [-0.4, -0.2) is 50.1 Å². The quantitative estimate of drug-likeness (QED) is 0.409. The highest BCUT2D eigenvalue weighted by molar-refractivity contribution is 5.97. The number of nitrogen functional groups attached to an aromatic ring is 1. The lowest BCUT2D eigenvalue weighted by molar-refractivity contribution is 0.0827. The van der Waals surface area contributed by atoms with Crippen LogP contribution in [0.25, 0.3) is 45.6 Å². The fraction of sp³-hybridized carbons (Fsp3) is 0.0833. The summed E-state index contributed by atoms with van der Waals surface area (Å²) in [5.41, 5.74) is 9.41. The lowest BCUT2D eigenvalue weighted by atomic mass is 9.99. The highest BCUT2D eigenvalue weighted by Gasteiger charge is 2.20. The molecule has 5 aromatic rings. The number of hydrogen-bond donors (Lipinski definition) is 1. The van der Waals surface area contributed by atoms with E-state index in [1.807, 2.05) is 30.3 Å². The van der Waals surface area contributed by atoms with Crippen molar-refractivity contribution in [1.82, 2.24) is 30.0 Å². The molecule has 172 valence electrons. The van der Waals surface area contributed by atoms with Gasteiger partial charge in [0, 0.05) is 39.2 Å². The summed E-state index contributed by atoms with van der Waals surface area (Å²) < 4.78 is 11.3. The molecule has 0 radical (unpaired) electrons. The van der Waals surface area contributed by atoms with Gasteiger partial charge in [-0.3, -0.25) is 4.79 Å². The molecule has 0 aliphatic carbocycles. The molecular weight excluding hydrogens is 434 g/mol. The van der Waals surface area contributed by atoms with Gasteiger partial charge in [0.1, 0.15) is 0 Å². The Morgan fingerprint density at radius 1 is 1.00 bits per heavy atom. The number of oxazole rings is 1. The first kappa shape index (κ1) is 21.0. The molecule has 34 heavy (non-hydrogen) atoms. The molecule has 2 N–H and O–H groups in total. The van der Waals surface area contributed by atoms with Crippen molar-refractivity contribution in [2.45, 2.75) is 0 Å². The summed E-state index contributed by atoms with van der Waals surface area (Å²) in [6.07, 6.45) is 4.43. The SMILES string of the molecule is CN(C)C(=O)c1ccc(-c2cnc(N)c(-c3nnc(-c4ccccc4)o3)n2)c(-c2cnco2)c1.[HH].[HH]. The molecule has 0 saturated carbocycles. The van der Waals surface area contributed by atoms with Gasteiger partial charge < -0.3 is 19.5 Å². The Labute approximate surface area is 197 Å². The smallest absolute Gasteiger partial charge is 0.270 e. The van der Waals surface area contributed by atoms with Gasteiger partial charge in [0.25, 0.3) is 11.8 Å². The standard InChI is InChI=1S/C24H19N7O3.2H2/c1-31(2)24(32)15-8-9-16(17(10-15)19-12-26-13-33-19)18-11-27-21(25)20(28-18)23-30-29-22(34-23)14-6-4-3-5-7-14;;/h3-13H,1-2H3,(H2,25,27);2*1H. The second kappa shape index (κ2) is 8.58. The summed E-state index contributed by atoms with van der Waals surface area (Å²) >= 11 is 0. The van der Waals surface area contributed by atoms with Crippen LogP contribution in [0.3, 0.4) is 0 Å². The fourth-order valence-corrected chi connectivity index (χ4v) is 3.41. The zero-order valence-corrected chi connectivity index (χ0v) is 18.3. The van der Waals surface area contributed by atoms with Crippen LogP contribution < -0.4 is 5.73 Å². The van der Waals surface area contributed by atoms with E-state index in [1.165, 1.54) is 17.5 Å². The van der Waals surface area contributed by atoms with Crippen molar-refractivity contribution in [2.75, 3.05) is 19.8 Å². The van der Waals surface area contributed by atoms with Crippen LogP contribution in [0.1, 0.15) is 13.2 Å². The van der Waals surface area contributed by atoms with Gasteiger partial charge in [-0.05, 0) is 24.3 Å². The first-order valence-electron chi connectivity index (χ1n) is 10.3. The zero-order valence-electron chi connectivity index (χ0n) is 18.3. The van der Waals surface area contributed by atoms with Crippen LogP contribution >= 0.6 is 0 Å². The van der Waals surface area contributed by atoms with Gasteiger partial charge in [-0.25, -0.2) is 15.0 Å². The molecule has 0 bridgehead atoms. The first-order chi connectivity index (χ1) is 16.5. The van der Waals surface area contributed by atoms with E-state index >= 15 is 0 Å². The van der Waals surface area contributed by atoms with Crippen molar-refractivity contribution in [1.29, 1.82) is 0 Å². The van der Waals surface area contributed by atoms with Gasteiger partial charge in [0.05, 0.1) is 18.1 Å². The maximum absolute atomic E-state index is 12.5. The van der Waals surface area contributed by atoms with E-state index in [0.717, 1.165) is 5.56 Å². The Hall–Kier alpha value is -4.86. The van der Waals surface area contributed by atoms with E-state index in [1.54, 1.807) is 38.5 Å². The molecular formula is C24H23N7O3. The summed E-state index contributed by atoms with van der Waals surface area (Å²) in [7, 11) is 3.38. The van der Waals surface area contributed by atoms with Crippen molar-refractivity contribution in [3.63, 3.8) is 0 Å². The van der Waals surface area contributed by atoms with E-state index in [9.17, 15) is 4.79 Å². The van der Waals surface area contributed by atoms with E-state index in [2.05, 4.69) is 25.1 Å². The van der Waals surface area contributed by atoms with Crippen molar-refractivity contribution >= 4 is 11.7 Å². The molecule has 0 saturated heterocycles. The largest absolute Gasteiger partial charge is 0.443 e. The van der Waals surface area contributed by atoms with Gasteiger partial charge in [-0.2, -0.15) is 0 Å². The van der Waals surface area contributed by atoms with Crippen LogP contribution in [0.15, 0.2) is 76.2 Å². The molecule has 10 heteroatoms. The number of hydrogen-bond acceptors (Lipinski definition) is 9. The summed E-state index contributed by atoms with van der Waals surface area (Å²) in [4.78, 5) is 27.0. The Morgan fingerprint density at radius 2 is 1.79 bits per heavy atom. The summed E-state index contributed by atoms with van der Waals surface area (Å²) in [5.74, 6) is 0.971. The monoisotopic (exact) mass is 457 g/mol. The normalized spacial score (nSPS) is 10.9. The minimum atomic E-state index is -0.143. The molecule has 1 amide bonds. The Morgan fingerprint density at radius 3 is 2.53 bits per heavy atom. The molecule has 0 atom stereocenters.